The van der Waals surface area contributed by atoms with E-state index in [0.29, 0.717) is 22.7 Å². The molecule has 34 heteroatoms. The van der Waals surface area contributed by atoms with Crippen molar-refractivity contribution in [2.24, 2.45) is 0 Å². The number of para-hydroxylation sites is 2. The van der Waals surface area contributed by atoms with Gasteiger partial charge in [-0.15, -0.1) is 23.2 Å². The Morgan fingerprint density at radius 1 is 0.679 bits per heavy atom. The average Bonchev–Trinajstić information content (AvgIpc) is 2.56. The number of nitrogens with zero attached hydrogens (tertiary/aromatic N) is 8. The number of alkyl halides is 4. The number of ether oxygens (including phenoxy) is 4. The van der Waals surface area contributed by atoms with Crippen LogP contribution in [0.5, 0.6) is 11.5 Å². The lowest BCUT2D eigenvalue weighted by Crippen LogP contribution is -2.44. The van der Waals surface area contributed by atoms with Gasteiger partial charge in [0.1, 0.15) is 71.1 Å². The number of fused-ring (bicyclic) bond motifs is 2. The molecule has 2 saturated carbocycles. The number of hydrogen-bond acceptors (Lipinski definition) is 24. The van der Waals surface area contributed by atoms with Crippen LogP contribution < -0.4 is 41.3 Å². The molecule has 10 N–H and O–H groups in total. The maximum absolute atomic E-state index is 14.5. The number of carbonyl (C=O) groups is 2. The lowest BCUT2D eigenvalue weighted by molar-refractivity contribution is -0.145. The van der Waals surface area contributed by atoms with Crippen LogP contribution in [0, 0.1) is 0 Å². The van der Waals surface area contributed by atoms with Crippen LogP contribution in [-0.4, -0.2) is 159 Å². The van der Waals surface area contributed by atoms with Gasteiger partial charge in [-0.05, 0) is 77.6 Å². The van der Waals surface area contributed by atoms with Gasteiger partial charge in [-0.1, -0.05) is 36.4 Å². The maximum atomic E-state index is 14.5. The third kappa shape index (κ3) is 14.1. The van der Waals surface area contributed by atoms with E-state index >= 15 is 0 Å². The van der Waals surface area contributed by atoms with E-state index in [1.165, 1.54) is 35.6 Å². The van der Waals surface area contributed by atoms with Crippen molar-refractivity contribution in [1.29, 1.82) is 0 Å². The number of aromatic nitrogens is 8. The third-order valence-electron chi connectivity index (χ3n) is 13.5. The zero-order valence-corrected chi connectivity index (χ0v) is 49.0. The summed E-state index contributed by atoms with van der Waals surface area (Å²) in [5.74, 6) is -0.268. The van der Waals surface area contributed by atoms with Crippen LogP contribution in [0.1, 0.15) is 65.8 Å². The van der Waals surface area contributed by atoms with Gasteiger partial charge in [0.25, 0.3) is 0 Å². The van der Waals surface area contributed by atoms with Gasteiger partial charge in [0, 0.05) is 12.1 Å². The molecule has 0 amide bonds. The van der Waals surface area contributed by atoms with Crippen LogP contribution in [0.4, 0.5) is 32.3 Å². The van der Waals surface area contributed by atoms with Crippen LogP contribution in [-0.2, 0) is 46.7 Å². The summed E-state index contributed by atoms with van der Waals surface area (Å²) in [6.07, 6.45) is -1.88. The van der Waals surface area contributed by atoms with Gasteiger partial charge in [-0.2, -0.15) is 30.1 Å². The number of hydrogen-bond donors (Lipinski definition) is 8. The molecule has 12 atom stereocenters. The van der Waals surface area contributed by atoms with E-state index in [9.17, 15) is 37.7 Å². The van der Waals surface area contributed by atoms with Crippen LogP contribution >= 0.6 is 38.7 Å². The second-order valence-electron chi connectivity index (χ2n) is 20.0. The summed E-state index contributed by atoms with van der Waals surface area (Å²) in [7, 11) is -8.57. The summed E-state index contributed by atoms with van der Waals surface area (Å²) in [6, 6.07) is 14.6. The number of aliphatic hydroxyl groups is 2. The molecule has 10 rings (SSSR count). The van der Waals surface area contributed by atoms with Crippen molar-refractivity contribution in [3.05, 3.63) is 73.3 Å². The average molecular weight is 1260 g/mol. The summed E-state index contributed by atoms with van der Waals surface area (Å²) in [6.45, 7) is 2.80. The summed E-state index contributed by atoms with van der Waals surface area (Å²) in [5, 5.41) is 33.8. The Kier molecular flexibility index (Phi) is 19.5. The third-order valence-corrected chi connectivity index (χ3v) is 17.8. The number of nitrogens with two attached hydrogens (primary N) is 2. The number of esters is 2. The first-order valence-electron chi connectivity index (χ1n) is 26.7. The SMILES string of the molecule is CCOC(=O)C(C)N[P@@](=O)(OC[C@H]1O[C@@H](n2cnc3c(NC4CC4)nc(N)nc32)[C@@](Cl)(CF)[C@@H]1O)Oc1ccccc1.CCOC(=O)C(C)N[P@](=O)(OC[C@H]1O[C@@H](n2cnc3c(NC4CC4)nc(N)nc32)[C@@](Cl)(CF)[C@@H]1O)Oc1ccccc1. The first kappa shape index (κ1) is 62.4. The first-order chi connectivity index (χ1) is 40.1. The standard InChI is InChI=1S/2C25H32ClFN7O7P/c2*1-3-38-22(36)14(2)33-42(37,41-16-7-5-4-6-8-16)39-11-17-19(35)25(26,12-27)23(40-17)34-13-29-18-20(30-15-9-10-15)31-24(28)32-21(18)34/h2*4-8,13-15,17,19,23,35H,3,9-12H2,1-2H3,(H,33,37)(H3,28,30,31,32)/t14?,17-,19-,23-,25-,42+;14?,17-,19-,23-,25-,42-/m11/s1. The topological polar surface area (TPSA) is 370 Å². The van der Waals surface area contributed by atoms with Crippen molar-refractivity contribution < 1.29 is 74.8 Å². The number of anilines is 4. The predicted molar refractivity (Wildman–Crippen MR) is 301 cm³/mol. The van der Waals surface area contributed by atoms with Crippen LogP contribution in [0.2, 0.25) is 0 Å². The predicted octanol–water partition coefficient (Wildman–Crippen LogP) is 5.87. The highest BCUT2D eigenvalue weighted by atomic mass is 35.5. The highest BCUT2D eigenvalue weighted by molar-refractivity contribution is 7.52. The zero-order chi connectivity index (χ0) is 60.1. The van der Waals surface area contributed by atoms with Crippen molar-refractivity contribution in [1.82, 2.24) is 49.2 Å². The van der Waals surface area contributed by atoms with Gasteiger partial charge >= 0.3 is 27.4 Å². The van der Waals surface area contributed by atoms with Gasteiger partial charge < -0.3 is 60.3 Å². The molecule has 456 valence electrons. The normalized spacial score (nSPS) is 26.1. The Balaban J connectivity index is 0.000000202. The van der Waals surface area contributed by atoms with E-state index in [4.69, 9.17) is 71.7 Å². The molecule has 4 aliphatic rings. The number of imidazole rings is 2. The van der Waals surface area contributed by atoms with E-state index in [2.05, 4.69) is 50.7 Å². The Morgan fingerprint density at radius 2 is 1.05 bits per heavy atom. The fourth-order valence-corrected chi connectivity index (χ4v) is 12.5. The highest BCUT2D eigenvalue weighted by Gasteiger charge is 2.59. The van der Waals surface area contributed by atoms with Crippen molar-refractivity contribution in [2.75, 3.05) is 61.9 Å². The van der Waals surface area contributed by atoms with Crippen molar-refractivity contribution in [3.8, 4) is 11.5 Å². The Bertz CT molecular complexity index is 3150. The summed E-state index contributed by atoms with van der Waals surface area (Å²) < 4.78 is 104. The number of rotatable bonds is 26. The fourth-order valence-electron chi connectivity index (χ4n) is 8.89. The maximum Gasteiger partial charge on any atom is 0.459 e. The molecule has 0 radical (unpaired) electrons. The second-order valence-corrected chi connectivity index (χ2v) is 24.8. The van der Waals surface area contributed by atoms with Crippen molar-refractivity contribution in [2.45, 2.75) is 124 Å². The van der Waals surface area contributed by atoms with Crippen LogP contribution in [0.3, 0.4) is 0 Å². The fraction of sp³-hybridized carbons (Fsp3) is 0.520. The molecular weight excluding hydrogens is 1190 g/mol. The highest BCUT2D eigenvalue weighted by Crippen LogP contribution is 2.51. The molecule has 2 aliphatic heterocycles. The molecule has 84 heavy (non-hydrogen) atoms. The van der Waals surface area contributed by atoms with Gasteiger partial charge in [0.15, 0.2) is 46.4 Å². The minimum Gasteiger partial charge on any atom is -0.465 e. The Hall–Kier alpha value is -6.14. The molecule has 4 aromatic heterocycles. The number of nitrogens with one attached hydrogen (secondary N) is 4. The molecule has 2 saturated heterocycles. The quantitative estimate of drug-likeness (QED) is 0.0179. The van der Waals surface area contributed by atoms with E-state index in [1.807, 2.05) is 0 Å². The lowest BCUT2D eigenvalue weighted by Gasteiger charge is -2.27. The number of nitrogen functional groups attached to an aromatic ring is 2. The molecule has 6 aromatic rings. The molecule has 0 bridgehead atoms. The van der Waals surface area contributed by atoms with E-state index in [0.717, 1.165) is 25.7 Å². The first-order valence-corrected chi connectivity index (χ1v) is 30.5. The van der Waals surface area contributed by atoms with Crippen molar-refractivity contribution >= 4 is 96.5 Å². The molecule has 0 spiro atoms. The molecule has 2 unspecified atom stereocenters. The lowest BCUT2D eigenvalue weighted by atomic mass is 10.00. The Labute approximate surface area is 489 Å². The van der Waals surface area contributed by atoms with Gasteiger partial charge in [0.2, 0.25) is 11.9 Å². The molecule has 2 aromatic carbocycles. The van der Waals surface area contributed by atoms with Crippen molar-refractivity contribution in [3.63, 3.8) is 0 Å². The summed E-state index contributed by atoms with van der Waals surface area (Å²) in [5.41, 5.74) is 13.0. The van der Waals surface area contributed by atoms with Gasteiger partial charge in [0.05, 0.1) is 39.1 Å². The van der Waals surface area contributed by atoms with E-state index in [-0.39, 0.29) is 60.0 Å². The Morgan fingerprint density at radius 3 is 1.38 bits per heavy atom. The monoisotopic (exact) mass is 1250 g/mol. The van der Waals surface area contributed by atoms with Crippen LogP contribution in [0.25, 0.3) is 22.3 Å². The number of halogens is 4. The molecular formula is C50H64Cl2F2N14O14P2. The minimum absolute atomic E-state index is 0.0490. The van der Waals surface area contributed by atoms with Gasteiger partial charge in [-0.3, -0.25) is 27.8 Å². The number of aliphatic hydroxyl groups excluding tert-OH is 2. The molecule has 2 aliphatic carbocycles. The van der Waals surface area contributed by atoms with E-state index in [1.54, 1.807) is 74.5 Å². The zero-order valence-electron chi connectivity index (χ0n) is 45.7. The van der Waals surface area contributed by atoms with E-state index < -0.39 is 113 Å². The molecule has 28 nitrogen and oxygen atoms in total. The number of carbonyl (C=O) groups excluding carboxylic acids is 2. The van der Waals surface area contributed by atoms with Gasteiger partial charge in [-0.25, -0.2) is 27.9 Å². The molecule has 6 heterocycles. The summed E-state index contributed by atoms with van der Waals surface area (Å²) >= 11 is 13.3. The summed E-state index contributed by atoms with van der Waals surface area (Å²) in [4.78, 5) is 46.1. The van der Waals surface area contributed by atoms with Crippen LogP contribution in [0.15, 0.2) is 73.3 Å². The largest absolute Gasteiger partial charge is 0.465 e. The second kappa shape index (κ2) is 26.2. The molecule has 4 fully saturated rings. The minimum atomic E-state index is -4.29. The smallest absolute Gasteiger partial charge is 0.459 e. The number of benzene rings is 2.